The molecule has 2 aromatic rings. The summed E-state index contributed by atoms with van der Waals surface area (Å²) in [5.74, 6) is -0.321. The molecule has 1 saturated heterocycles. The number of ether oxygens (including phenoxy) is 1. The van der Waals surface area contributed by atoms with E-state index >= 15 is 0 Å². The van der Waals surface area contributed by atoms with Crippen molar-refractivity contribution in [3.8, 4) is 0 Å². The summed E-state index contributed by atoms with van der Waals surface area (Å²) in [4.78, 5) is 18.7. The maximum Gasteiger partial charge on any atom is 0.354 e. The first-order chi connectivity index (χ1) is 10.7. The molecule has 0 saturated carbocycles. The van der Waals surface area contributed by atoms with Crippen molar-refractivity contribution in [2.75, 3.05) is 18.1 Å². The summed E-state index contributed by atoms with van der Waals surface area (Å²) in [6, 6.07) is 9.21. The molecule has 0 bridgehead atoms. The average Bonchev–Trinajstić information content (AvgIpc) is 3.20. The number of rotatable bonds is 6. The first-order valence-electron chi connectivity index (χ1n) is 7.31. The Kier molecular flexibility index (Phi) is 4.70. The van der Waals surface area contributed by atoms with Crippen molar-refractivity contribution in [3.63, 3.8) is 0 Å². The standard InChI is InChI=1S/C16H18N2O3S/c19-16(20)14-6-1-7-15(17-14)18(10-12-4-2-8-21-12)11-13-5-3-9-22-13/h1,3,5-7,9,12H,2,4,8,10-11H2,(H,19,20). The second-order valence-corrected chi connectivity index (χ2v) is 6.31. The maximum atomic E-state index is 11.1. The number of pyridine rings is 1. The number of aromatic carboxylic acids is 1. The van der Waals surface area contributed by atoms with Crippen molar-refractivity contribution in [1.82, 2.24) is 4.98 Å². The van der Waals surface area contributed by atoms with Gasteiger partial charge in [-0.1, -0.05) is 12.1 Å². The van der Waals surface area contributed by atoms with E-state index < -0.39 is 5.97 Å². The molecule has 6 heteroatoms. The van der Waals surface area contributed by atoms with Gasteiger partial charge in [0.2, 0.25) is 0 Å². The molecule has 3 rings (SSSR count). The topological polar surface area (TPSA) is 62.7 Å². The Morgan fingerprint density at radius 2 is 2.32 bits per heavy atom. The second kappa shape index (κ2) is 6.89. The molecule has 1 aliphatic rings. The molecule has 1 unspecified atom stereocenters. The molecule has 3 heterocycles. The highest BCUT2D eigenvalue weighted by Gasteiger charge is 2.21. The molecule has 1 fully saturated rings. The smallest absolute Gasteiger partial charge is 0.354 e. The molecule has 0 spiro atoms. The zero-order chi connectivity index (χ0) is 15.4. The quantitative estimate of drug-likeness (QED) is 0.887. The second-order valence-electron chi connectivity index (χ2n) is 5.28. The Hall–Kier alpha value is -1.92. The van der Waals surface area contributed by atoms with Crippen molar-refractivity contribution >= 4 is 23.1 Å². The van der Waals surface area contributed by atoms with Gasteiger partial charge < -0.3 is 14.7 Å². The molecule has 1 aliphatic heterocycles. The van der Waals surface area contributed by atoms with Crippen molar-refractivity contribution in [2.45, 2.75) is 25.5 Å². The molecule has 0 aliphatic carbocycles. The predicted octanol–water partition coefficient (Wildman–Crippen LogP) is 3.03. The summed E-state index contributed by atoms with van der Waals surface area (Å²) >= 11 is 1.69. The molecule has 0 amide bonds. The average molecular weight is 318 g/mol. The first kappa shape index (κ1) is 15.0. The van der Waals surface area contributed by atoms with Gasteiger partial charge in [-0.25, -0.2) is 9.78 Å². The molecule has 1 N–H and O–H groups in total. The van der Waals surface area contributed by atoms with Crippen LogP contribution in [-0.4, -0.2) is 35.3 Å². The van der Waals surface area contributed by atoms with E-state index in [0.717, 1.165) is 26.0 Å². The number of carbonyl (C=O) groups is 1. The van der Waals surface area contributed by atoms with Crippen LogP contribution in [0.15, 0.2) is 35.7 Å². The van der Waals surface area contributed by atoms with Crippen LogP contribution in [0.1, 0.15) is 28.2 Å². The number of aromatic nitrogens is 1. The molecular weight excluding hydrogens is 300 g/mol. The Bertz CT molecular complexity index is 624. The van der Waals surface area contributed by atoms with Crippen LogP contribution in [0, 0.1) is 0 Å². The fourth-order valence-electron chi connectivity index (χ4n) is 2.58. The third-order valence-electron chi connectivity index (χ3n) is 3.65. The molecule has 0 aromatic carbocycles. The lowest BCUT2D eigenvalue weighted by molar-refractivity contribution is 0.0690. The van der Waals surface area contributed by atoms with E-state index in [-0.39, 0.29) is 11.8 Å². The Labute approximate surface area is 133 Å². The number of carboxylic acid groups (broad SMARTS) is 1. The number of anilines is 1. The van der Waals surface area contributed by atoms with Gasteiger partial charge in [0.25, 0.3) is 0 Å². The van der Waals surface area contributed by atoms with Gasteiger partial charge in [0.1, 0.15) is 5.82 Å². The molecule has 2 aromatic heterocycles. The van der Waals surface area contributed by atoms with Crippen LogP contribution in [0.4, 0.5) is 5.82 Å². The monoisotopic (exact) mass is 318 g/mol. The lowest BCUT2D eigenvalue weighted by Gasteiger charge is -2.26. The summed E-state index contributed by atoms with van der Waals surface area (Å²) in [6.45, 7) is 2.25. The van der Waals surface area contributed by atoms with E-state index in [9.17, 15) is 4.79 Å². The molecule has 116 valence electrons. The highest BCUT2D eigenvalue weighted by atomic mass is 32.1. The van der Waals surface area contributed by atoms with Crippen LogP contribution in [0.5, 0.6) is 0 Å². The van der Waals surface area contributed by atoms with Crippen LogP contribution in [0.3, 0.4) is 0 Å². The molecule has 0 radical (unpaired) electrons. The minimum Gasteiger partial charge on any atom is -0.477 e. The van der Waals surface area contributed by atoms with Crippen LogP contribution in [0.2, 0.25) is 0 Å². The fraction of sp³-hybridized carbons (Fsp3) is 0.375. The van der Waals surface area contributed by atoms with Crippen molar-refractivity contribution < 1.29 is 14.6 Å². The number of hydrogen-bond donors (Lipinski definition) is 1. The van der Waals surface area contributed by atoms with E-state index in [1.54, 1.807) is 17.4 Å². The van der Waals surface area contributed by atoms with Gasteiger partial charge >= 0.3 is 5.97 Å². The minimum absolute atomic E-state index is 0.0704. The SMILES string of the molecule is O=C(O)c1cccc(N(Cc2cccs2)CC2CCCO2)n1. The molecule has 22 heavy (non-hydrogen) atoms. The molecule has 1 atom stereocenters. The third-order valence-corrected chi connectivity index (χ3v) is 4.51. The van der Waals surface area contributed by atoms with Gasteiger partial charge in [0.15, 0.2) is 5.69 Å². The van der Waals surface area contributed by atoms with E-state index in [2.05, 4.69) is 16.0 Å². The number of hydrogen-bond acceptors (Lipinski definition) is 5. The summed E-state index contributed by atoms with van der Waals surface area (Å²) < 4.78 is 5.72. The van der Waals surface area contributed by atoms with Crippen LogP contribution >= 0.6 is 11.3 Å². The molecule has 5 nitrogen and oxygen atoms in total. The summed E-state index contributed by atoms with van der Waals surface area (Å²) in [7, 11) is 0. The van der Waals surface area contributed by atoms with E-state index in [4.69, 9.17) is 9.84 Å². The highest BCUT2D eigenvalue weighted by Crippen LogP contribution is 2.22. The van der Waals surface area contributed by atoms with E-state index in [1.807, 2.05) is 17.5 Å². The Morgan fingerprint density at radius 3 is 3.00 bits per heavy atom. The fourth-order valence-corrected chi connectivity index (χ4v) is 3.30. The summed E-state index contributed by atoms with van der Waals surface area (Å²) in [5.41, 5.74) is 0.0704. The van der Waals surface area contributed by atoms with Gasteiger partial charge in [-0.05, 0) is 36.4 Å². The summed E-state index contributed by atoms with van der Waals surface area (Å²) in [5, 5.41) is 11.2. The van der Waals surface area contributed by atoms with Crippen molar-refractivity contribution in [1.29, 1.82) is 0 Å². The van der Waals surface area contributed by atoms with Crippen LogP contribution in [0.25, 0.3) is 0 Å². The normalized spacial score (nSPS) is 17.5. The third kappa shape index (κ3) is 3.64. The van der Waals surface area contributed by atoms with Crippen LogP contribution < -0.4 is 4.90 Å². The zero-order valence-corrected chi connectivity index (χ0v) is 13.0. The highest BCUT2D eigenvalue weighted by molar-refractivity contribution is 7.09. The van der Waals surface area contributed by atoms with E-state index in [0.29, 0.717) is 12.4 Å². The predicted molar refractivity (Wildman–Crippen MR) is 85.5 cm³/mol. The zero-order valence-electron chi connectivity index (χ0n) is 12.1. The Balaban J connectivity index is 1.82. The van der Waals surface area contributed by atoms with Crippen molar-refractivity contribution in [2.24, 2.45) is 0 Å². The van der Waals surface area contributed by atoms with Gasteiger partial charge in [-0.3, -0.25) is 0 Å². The minimum atomic E-state index is -1.00. The lowest BCUT2D eigenvalue weighted by atomic mass is 10.2. The largest absolute Gasteiger partial charge is 0.477 e. The summed E-state index contributed by atoms with van der Waals surface area (Å²) in [6.07, 6.45) is 2.31. The van der Waals surface area contributed by atoms with E-state index in [1.165, 1.54) is 10.9 Å². The van der Waals surface area contributed by atoms with Gasteiger partial charge in [0.05, 0.1) is 12.6 Å². The lowest BCUT2D eigenvalue weighted by Crippen LogP contribution is -2.32. The molecular formula is C16H18N2O3S. The van der Waals surface area contributed by atoms with Gasteiger partial charge in [-0.15, -0.1) is 11.3 Å². The first-order valence-corrected chi connectivity index (χ1v) is 8.19. The van der Waals surface area contributed by atoms with Crippen molar-refractivity contribution in [3.05, 3.63) is 46.3 Å². The Morgan fingerprint density at radius 1 is 1.41 bits per heavy atom. The van der Waals surface area contributed by atoms with Gasteiger partial charge in [-0.2, -0.15) is 0 Å². The number of nitrogens with zero attached hydrogens (tertiary/aromatic N) is 2. The van der Waals surface area contributed by atoms with Crippen LogP contribution in [-0.2, 0) is 11.3 Å². The number of thiophene rings is 1. The maximum absolute atomic E-state index is 11.1. The van der Waals surface area contributed by atoms with Gasteiger partial charge in [0, 0.05) is 18.0 Å². The number of carboxylic acids is 1.